The fourth-order valence-electron chi connectivity index (χ4n) is 0.828. The predicted molar refractivity (Wildman–Crippen MR) is 56.4 cm³/mol. The maximum atomic E-state index is 5.69. The Morgan fingerprint density at radius 3 is 2.27 bits per heavy atom. The van der Waals surface area contributed by atoms with E-state index in [0.717, 1.165) is 0 Å². The first-order chi connectivity index (χ1) is 6.90. The molecule has 5 nitrogen and oxygen atoms in total. The van der Waals surface area contributed by atoms with Crippen LogP contribution in [-0.2, 0) is 0 Å². The van der Waals surface area contributed by atoms with Gasteiger partial charge < -0.3 is 9.47 Å². The van der Waals surface area contributed by atoms with Crippen molar-refractivity contribution in [1.82, 2.24) is 15.0 Å². The summed E-state index contributed by atoms with van der Waals surface area (Å²) in [5, 5.41) is 0.0627. The molecular formula is C9H14ClN3O2. The topological polar surface area (TPSA) is 57.1 Å². The Labute approximate surface area is 93.8 Å². The maximum absolute atomic E-state index is 5.69. The van der Waals surface area contributed by atoms with Gasteiger partial charge in [-0.2, -0.15) is 9.97 Å². The summed E-state index contributed by atoms with van der Waals surface area (Å²) in [4.78, 5) is 11.6. The third-order valence-corrected chi connectivity index (χ3v) is 1.41. The first-order valence-electron chi connectivity index (χ1n) is 4.64. The molecule has 0 unspecified atom stereocenters. The summed E-state index contributed by atoms with van der Waals surface area (Å²) >= 11 is 5.69. The van der Waals surface area contributed by atoms with Crippen LogP contribution in [0.25, 0.3) is 0 Å². The van der Waals surface area contributed by atoms with Crippen LogP contribution in [0.4, 0.5) is 0 Å². The number of hydrogen-bond donors (Lipinski definition) is 0. The number of rotatable bonds is 3. The molecule has 0 aliphatic heterocycles. The highest BCUT2D eigenvalue weighted by Gasteiger charge is 2.15. The Morgan fingerprint density at radius 2 is 1.73 bits per heavy atom. The molecule has 0 N–H and O–H groups in total. The van der Waals surface area contributed by atoms with E-state index in [9.17, 15) is 0 Å². The summed E-state index contributed by atoms with van der Waals surface area (Å²) in [6.07, 6.45) is 0. The van der Waals surface area contributed by atoms with Gasteiger partial charge in [0.15, 0.2) is 0 Å². The van der Waals surface area contributed by atoms with E-state index >= 15 is 0 Å². The lowest BCUT2D eigenvalue weighted by Gasteiger charge is -2.19. The van der Waals surface area contributed by atoms with Crippen molar-refractivity contribution in [1.29, 1.82) is 0 Å². The van der Waals surface area contributed by atoms with Crippen LogP contribution in [0.5, 0.6) is 12.0 Å². The molecule has 0 radical (unpaired) electrons. The lowest BCUT2D eigenvalue weighted by molar-refractivity contribution is 0.114. The van der Waals surface area contributed by atoms with Gasteiger partial charge in [0.1, 0.15) is 5.60 Å². The molecule has 0 saturated heterocycles. The second-order valence-electron chi connectivity index (χ2n) is 3.82. The molecule has 1 heterocycles. The van der Waals surface area contributed by atoms with E-state index in [1.165, 1.54) is 0 Å². The van der Waals surface area contributed by atoms with Gasteiger partial charge in [0.2, 0.25) is 5.28 Å². The normalized spacial score (nSPS) is 11.3. The first-order valence-corrected chi connectivity index (χ1v) is 5.02. The van der Waals surface area contributed by atoms with E-state index in [1.54, 1.807) is 0 Å². The fourth-order valence-corrected chi connectivity index (χ4v) is 0.972. The molecule has 0 fully saturated rings. The van der Waals surface area contributed by atoms with Crippen LogP contribution in [-0.4, -0.2) is 27.2 Å². The molecule has 0 atom stereocenters. The fraction of sp³-hybridized carbons (Fsp3) is 0.667. The van der Waals surface area contributed by atoms with E-state index < -0.39 is 0 Å². The van der Waals surface area contributed by atoms with Gasteiger partial charge in [-0.05, 0) is 39.3 Å². The summed E-state index contributed by atoms with van der Waals surface area (Å²) in [6.45, 7) is 7.98. The van der Waals surface area contributed by atoms with E-state index in [2.05, 4.69) is 15.0 Å². The Hall–Kier alpha value is -1.10. The minimum Gasteiger partial charge on any atom is -0.464 e. The zero-order valence-corrected chi connectivity index (χ0v) is 10.00. The van der Waals surface area contributed by atoms with Gasteiger partial charge in [-0.25, -0.2) is 0 Å². The van der Waals surface area contributed by atoms with Gasteiger partial charge in [0.25, 0.3) is 0 Å². The second-order valence-corrected chi connectivity index (χ2v) is 4.16. The zero-order chi connectivity index (χ0) is 11.5. The molecule has 1 aromatic rings. The van der Waals surface area contributed by atoms with Crippen molar-refractivity contribution in [2.45, 2.75) is 33.3 Å². The molecule has 0 aromatic carbocycles. The van der Waals surface area contributed by atoms with E-state index in [1.807, 2.05) is 27.7 Å². The van der Waals surface area contributed by atoms with Crippen molar-refractivity contribution in [3.8, 4) is 12.0 Å². The van der Waals surface area contributed by atoms with Gasteiger partial charge in [0, 0.05) is 0 Å². The van der Waals surface area contributed by atoms with Gasteiger partial charge >= 0.3 is 12.0 Å². The summed E-state index contributed by atoms with van der Waals surface area (Å²) in [7, 11) is 0. The van der Waals surface area contributed by atoms with Crippen molar-refractivity contribution in [3.05, 3.63) is 5.28 Å². The number of hydrogen-bond acceptors (Lipinski definition) is 5. The Bertz CT molecular complexity index is 339. The van der Waals surface area contributed by atoms with E-state index in [-0.39, 0.29) is 22.9 Å². The van der Waals surface area contributed by atoms with Crippen LogP contribution in [0, 0.1) is 0 Å². The summed E-state index contributed by atoms with van der Waals surface area (Å²) in [6, 6.07) is 0.350. The molecule has 0 saturated carbocycles. The van der Waals surface area contributed by atoms with Gasteiger partial charge in [-0.3, -0.25) is 0 Å². The Balaban J connectivity index is 2.88. The Morgan fingerprint density at radius 1 is 1.13 bits per heavy atom. The molecule has 6 heteroatoms. The monoisotopic (exact) mass is 231 g/mol. The van der Waals surface area contributed by atoms with Crippen molar-refractivity contribution >= 4 is 11.6 Å². The zero-order valence-electron chi connectivity index (χ0n) is 9.24. The van der Waals surface area contributed by atoms with Gasteiger partial charge in [0.05, 0.1) is 6.61 Å². The largest absolute Gasteiger partial charge is 0.464 e. The van der Waals surface area contributed by atoms with Crippen molar-refractivity contribution in [2.75, 3.05) is 6.61 Å². The van der Waals surface area contributed by atoms with Gasteiger partial charge in [-0.1, -0.05) is 0 Å². The van der Waals surface area contributed by atoms with Crippen LogP contribution in [0.15, 0.2) is 0 Å². The molecule has 1 aromatic heterocycles. The predicted octanol–water partition coefficient (Wildman–Crippen LogP) is 2.10. The average Bonchev–Trinajstić information content (AvgIpc) is 1.99. The molecule has 0 spiro atoms. The average molecular weight is 232 g/mol. The number of nitrogens with zero attached hydrogens (tertiary/aromatic N) is 3. The molecule has 0 aliphatic rings. The van der Waals surface area contributed by atoms with Crippen LogP contribution in [0.2, 0.25) is 5.28 Å². The number of ether oxygens (including phenoxy) is 2. The molecule has 15 heavy (non-hydrogen) atoms. The molecule has 0 bridgehead atoms. The molecular weight excluding hydrogens is 218 g/mol. The highest BCUT2D eigenvalue weighted by atomic mass is 35.5. The summed E-state index contributed by atoms with van der Waals surface area (Å²) < 4.78 is 10.6. The van der Waals surface area contributed by atoms with Crippen molar-refractivity contribution in [2.24, 2.45) is 0 Å². The molecule has 0 aliphatic carbocycles. The third kappa shape index (κ3) is 4.29. The summed E-state index contributed by atoms with van der Waals surface area (Å²) in [5.74, 6) is 0. The highest BCUT2D eigenvalue weighted by Crippen LogP contribution is 2.17. The summed E-state index contributed by atoms with van der Waals surface area (Å²) in [5.41, 5.74) is -0.381. The SMILES string of the molecule is CCOc1nc(Cl)nc(OC(C)(C)C)n1. The lowest BCUT2D eigenvalue weighted by Crippen LogP contribution is -2.24. The molecule has 1 rings (SSSR count). The van der Waals surface area contributed by atoms with Crippen LogP contribution < -0.4 is 9.47 Å². The third-order valence-electron chi connectivity index (χ3n) is 1.24. The van der Waals surface area contributed by atoms with Gasteiger partial charge in [-0.15, -0.1) is 4.98 Å². The number of aromatic nitrogens is 3. The van der Waals surface area contributed by atoms with Crippen LogP contribution in [0.1, 0.15) is 27.7 Å². The van der Waals surface area contributed by atoms with Crippen molar-refractivity contribution < 1.29 is 9.47 Å². The molecule has 84 valence electrons. The quantitative estimate of drug-likeness (QED) is 0.798. The highest BCUT2D eigenvalue weighted by molar-refractivity contribution is 6.28. The standard InChI is InChI=1S/C9H14ClN3O2/c1-5-14-7-11-6(10)12-8(13-7)15-9(2,3)4/h5H2,1-4H3. The maximum Gasteiger partial charge on any atom is 0.324 e. The number of halogens is 1. The Kier molecular flexibility index (Phi) is 3.68. The van der Waals surface area contributed by atoms with Crippen molar-refractivity contribution in [3.63, 3.8) is 0 Å². The second kappa shape index (κ2) is 4.61. The van der Waals surface area contributed by atoms with E-state index in [4.69, 9.17) is 21.1 Å². The van der Waals surface area contributed by atoms with Crippen LogP contribution >= 0.6 is 11.6 Å². The molecule has 0 amide bonds. The minimum atomic E-state index is -0.381. The lowest BCUT2D eigenvalue weighted by atomic mass is 10.2. The van der Waals surface area contributed by atoms with E-state index in [0.29, 0.717) is 6.61 Å². The first kappa shape index (κ1) is 12.0. The van der Waals surface area contributed by atoms with Crippen LogP contribution in [0.3, 0.4) is 0 Å². The minimum absolute atomic E-state index is 0.0627. The smallest absolute Gasteiger partial charge is 0.324 e.